The Kier molecular flexibility index (Phi) is 4.78. The Balaban J connectivity index is 1.72. The monoisotopic (exact) mass is 488 g/mol. The van der Waals surface area contributed by atoms with Crippen LogP contribution in [0, 0.1) is 0 Å². The van der Waals surface area contributed by atoms with Gasteiger partial charge in [0.2, 0.25) is 0 Å². The first kappa shape index (κ1) is 20.4. The molecule has 5 aromatic carbocycles. The van der Waals surface area contributed by atoms with E-state index in [1.165, 1.54) is 49.7 Å². The average molecular weight is 489 g/mol. The zero-order valence-electron chi connectivity index (χ0n) is 18.8. The van der Waals surface area contributed by atoms with Crippen LogP contribution in [0.3, 0.4) is 0 Å². The standard InChI is InChI=1S/C32H25Br/c1-32(2)29-20-28(21-10-4-3-5-11-21)24-12-6-7-13-25(24)30(29)26-14-8-9-15-27(26)31(32)22-16-18-23(33)19-17-22/h3-20,31H,1-2H3. The van der Waals surface area contributed by atoms with E-state index in [1.54, 1.807) is 0 Å². The van der Waals surface area contributed by atoms with E-state index >= 15 is 0 Å². The Bertz CT molecular complexity index is 1480. The highest BCUT2D eigenvalue weighted by atomic mass is 79.9. The van der Waals surface area contributed by atoms with Crippen LogP contribution >= 0.6 is 15.9 Å². The lowest BCUT2D eigenvalue weighted by Gasteiger charge is -2.43. The summed E-state index contributed by atoms with van der Waals surface area (Å²) in [5, 5.41) is 2.65. The van der Waals surface area contributed by atoms with Gasteiger partial charge in [-0.25, -0.2) is 0 Å². The van der Waals surface area contributed by atoms with E-state index in [-0.39, 0.29) is 11.3 Å². The van der Waals surface area contributed by atoms with Crippen molar-refractivity contribution in [1.29, 1.82) is 0 Å². The van der Waals surface area contributed by atoms with Gasteiger partial charge in [-0.3, -0.25) is 0 Å². The van der Waals surface area contributed by atoms with Crippen LogP contribution in [0.25, 0.3) is 33.0 Å². The molecule has 0 amide bonds. The number of rotatable bonds is 2. The van der Waals surface area contributed by atoms with E-state index in [0.717, 1.165) is 4.47 Å². The van der Waals surface area contributed by atoms with Gasteiger partial charge in [0.1, 0.15) is 0 Å². The quantitative estimate of drug-likeness (QED) is 0.232. The summed E-state index contributed by atoms with van der Waals surface area (Å²) in [5.41, 5.74) is 9.44. The van der Waals surface area contributed by atoms with Crippen molar-refractivity contribution in [2.24, 2.45) is 0 Å². The Labute approximate surface area is 204 Å². The normalized spacial score (nSPS) is 16.3. The molecule has 0 radical (unpaired) electrons. The van der Waals surface area contributed by atoms with Gasteiger partial charge in [0.15, 0.2) is 0 Å². The van der Waals surface area contributed by atoms with E-state index in [4.69, 9.17) is 0 Å². The molecule has 0 heterocycles. The minimum Gasteiger partial charge on any atom is -0.0622 e. The van der Waals surface area contributed by atoms with Crippen LogP contribution in [0.2, 0.25) is 0 Å². The van der Waals surface area contributed by atoms with Crippen molar-refractivity contribution in [1.82, 2.24) is 0 Å². The molecule has 1 aliphatic carbocycles. The molecule has 0 aliphatic heterocycles. The van der Waals surface area contributed by atoms with Crippen LogP contribution in [0.5, 0.6) is 0 Å². The fourth-order valence-electron chi connectivity index (χ4n) is 5.80. The first-order valence-corrected chi connectivity index (χ1v) is 12.3. The number of halogens is 1. The summed E-state index contributed by atoms with van der Waals surface area (Å²) in [6.07, 6.45) is 0. The maximum absolute atomic E-state index is 3.62. The zero-order chi connectivity index (χ0) is 22.6. The first-order valence-electron chi connectivity index (χ1n) is 11.5. The van der Waals surface area contributed by atoms with Gasteiger partial charge in [-0.1, -0.05) is 121 Å². The highest BCUT2D eigenvalue weighted by Crippen LogP contribution is 2.56. The SMILES string of the molecule is CC1(C)c2cc(-c3ccccc3)c3ccccc3c2-c2ccccc2C1c1ccc(Br)cc1. The van der Waals surface area contributed by atoms with E-state index in [0.29, 0.717) is 0 Å². The molecule has 160 valence electrons. The van der Waals surface area contributed by atoms with E-state index < -0.39 is 0 Å². The Morgan fingerprint density at radius 3 is 2.03 bits per heavy atom. The van der Waals surface area contributed by atoms with E-state index in [9.17, 15) is 0 Å². The molecule has 0 nitrogen and oxygen atoms in total. The predicted molar refractivity (Wildman–Crippen MR) is 144 cm³/mol. The third-order valence-electron chi connectivity index (χ3n) is 7.29. The second kappa shape index (κ2) is 7.71. The molecular formula is C32H25Br. The van der Waals surface area contributed by atoms with E-state index in [2.05, 4.69) is 139 Å². The third kappa shape index (κ3) is 3.18. The van der Waals surface area contributed by atoms with Gasteiger partial charge in [0.25, 0.3) is 0 Å². The molecule has 0 fully saturated rings. The van der Waals surface area contributed by atoms with Crippen molar-refractivity contribution in [3.63, 3.8) is 0 Å². The zero-order valence-corrected chi connectivity index (χ0v) is 20.4. The summed E-state index contributed by atoms with van der Waals surface area (Å²) < 4.78 is 1.12. The minimum atomic E-state index is -0.0783. The van der Waals surface area contributed by atoms with Gasteiger partial charge < -0.3 is 0 Å². The molecule has 1 aliphatic rings. The van der Waals surface area contributed by atoms with Crippen LogP contribution < -0.4 is 0 Å². The summed E-state index contributed by atoms with van der Waals surface area (Å²) in [7, 11) is 0. The number of hydrogen-bond acceptors (Lipinski definition) is 0. The van der Waals surface area contributed by atoms with Gasteiger partial charge in [-0.05, 0) is 67.9 Å². The largest absolute Gasteiger partial charge is 0.0622 e. The summed E-state index contributed by atoms with van der Waals surface area (Å²) >= 11 is 3.62. The fourth-order valence-corrected chi connectivity index (χ4v) is 6.07. The minimum absolute atomic E-state index is 0.0783. The highest BCUT2D eigenvalue weighted by Gasteiger charge is 2.41. The van der Waals surface area contributed by atoms with Crippen LogP contribution in [0.4, 0.5) is 0 Å². The van der Waals surface area contributed by atoms with Crippen molar-refractivity contribution >= 4 is 26.7 Å². The Morgan fingerprint density at radius 2 is 1.27 bits per heavy atom. The van der Waals surface area contributed by atoms with Crippen LogP contribution in [0.15, 0.2) is 114 Å². The highest BCUT2D eigenvalue weighted by molar-refractivity contribution is 9.10. The number of hydrogen-bond donors (Lipinski definition) is 0. The van der Waals surface area contributed by atoms with Crippen LogP contribution in [0.1, 0.15) is 36.5 Å². The molecule has 6 rings (SSSR count). The molecule has 0 spiro atoms. The Hall–Kier alpha value is -3.16. The molecule has 1 atom stereocenters. The molecule has 0 N–H and O–H groups in total. The second-order valence-electron chi connectivity index (χ2n) is 9.55. The van der Waals surface area contributed by atoms with Gasteiger partial charge >= 0.3 is 0 Å². The van der Waals surface area contributed by atoms with Crippen molar-refractivity contribution in [3.8, 4) is 22.3 Å². The molecule has 0 saturated heterocycles. The van der Waals surface area contributed by atoms with Crippen molar-refractivity contribution in [3.05, 3.63) is 130 Å². The molecule has 0 bridgehead atoms. The molecular weight excluding hydrogens is 464 g/mol. The molecule has 1 unspecified atom stereocenters. The number of fused-ring (bicyclic) bond motifs is 5. The smallest absolute Gasteiger partial charge is 0.0187 e. The van der Waals surface area contributed by atoms with Gasteiger partial charge in [-0.2, -0.15) is 0 Å². The van der Waals surface area contributed by atoms with E-state index in [1.807, 2.05) is 0 Å². The van der Waals surface area contributed by atoms with Crippen molar-refractivity contribution in [2.45, 2.75) is 25.2 Å². The van der Waals surface area contributed by atoms with Crippen LogP contribution in [-0.2, 0) is 5.41 Å². The lowest BCUT2D eigenvalue weighted by atomic mass is 9.60. The molecule has 1 heteroatoms. The van der Waals surface area contributed by atoms with Gasteiger partial charge in [0, 0.05) is 15.8 Å². The van der Waals surface area contributed by atoms with Crippen molar-refractivity contribution < 1.29 is 0 Å². The van der Waals surface area contributed by atoms with Crippen LogP contribution in [-0.4, -0.2) is 0 Å². The number of benzene rings is 5. The summed E-state index contributed by atoms with van der Waals surface area (Å²) in [4.78, 5) is 0. The Morgan fingerprint density at radius 1 is 0.636 bits per heavy atom. The summed E-state index contributed by atoms with van der Waals surface area (Å²) in [5.74, 6) is 0.277. The second-order valence-corrected chi connectivity index (χ2v) is 10.5. The summed E-state index contributed by atoms with van der Waals surface area (Å²) in [6, 6.07) is 40.1. The molecule has 5 aromatic rings. The first-order chi connectivity index (χ1) is 16.1. The summed E-state index contributed by atoms with van der Waals surface area (Å²) in [6.45, 7) is 4.83. The lowest BCUT2D eigenvalue weighted by Crippen LogP contribution is -2.32. The third-order valence-corrected chi connectivity index (χ3v) is 7.82. The van der Waals surface area contributed by atoms with Gasteiger partial charge in [0.05, 0.1) is 0 Å². The predicted octanol–water partition coefficient (Wildman–Crippen LogP) is 9.36. The van der Waals surface area contributed by atoms with Gasteiger partial charge in [-0.15, -0.1) is 0 Å². The average Bonchev–Trinajstić information content (AvgIpc) is 2.85. The maximum Gasteiger partial charge on any atom is 0.0187 e. The van der Waals surface area contributed by atoms with Crippen molar-refractivity contribution in [2.75, 3.05) is 0 Å². The maximum atomic E-state index is 3.62. The molecule has 33 heavy (non-hydrogen) atoms. The topological polar surface area (TPSA) is 0 Å². The fraction of sp³-hybridized carbons (Fsp3) is 0.125. The lowest BCUT2D eigenvalue weighted by molar-refractivity contribution is 0.455. The molecule has 0 aromatic heterocycles. The molecule has 0 saturated carbocycles.